The largest absolute Gasteiger partial charge is 0.486 e. The predicted octanol–water partition coefficient (Wildman–Crippen LogP) is 3.16. The van der Waals surface area contributed by atoms with Gasteiger partial charge in [-0.3, -0.25) is 0 Å². The van der Waals surface area contributed by atoms with Gasteiger partial charge in [0.1, 0.15) is 13.2 Å². The zero-order chi connectivity index (χ0) is 13.2. The number of fused-ring (bicyclic) bond motifs is 1. The fourth-order valence-electron chi connectivity index (χ4n) is 2.16. The third-order valence-corrected chi connectivity index (χ3v) is 3.51. The molecular weight excluding hydrogens is 262 g/mol. The molecule has 0 saturated heterocycles. The van der Waals surface area contributed by atoms with Crippen molar-refractivity contribution < 1.29 is 9.47 Å². The Morgan fingerprint density at radius 1 is 1.00 bits per heavy atom. The van der Waals surface area contributed by atoms with E-state index in [-0.39, 0.29) is 6.04 Å². The first kappa shape index (κ1) is 12.3. The van der Waals surface area contributed by atoms with E-state index in [1.54, 1.807) is 0 Å². The molecule has 0 aromatic heterocycles. The number of benzene rings is 2. The summed E-state index contributed by atoms with van der Waals surface area (Å²) in [5.74, 6) is 1.51. The molecule has 0 radical (unpaired) electrons. The Hall–Kier alpha value is -1.71. The molecule has 1 heterocycles. The quantitative estimate of drug-likeness (QED) is 0.916. The van der Waals surface area contributed by atoms with Crippen LogP contribution < -0.4 is 15.2 Å². The van der Waals surface area contributed by atoms with Crippen LogP contribution in [-0.4, -0.2) is 13.2 Å². The number of hydrogen-bond donors (Lipinski definition) is 1. The van der Waals surface area contributed by atoms with Crippen LogP contribution in [-0.2, 0) is 0 Å². The topological polar surface area (TPSA) is 44.5 Å². The number of nitrogens with two attached hydrogens (primary N) is 1. The van der Waals surface area contributed by atoms with Crippen LogP contribution in [0.25, 0.3) is 0 Å². The molecule has 2 aromatic carbocycles. The van der Waals surface area contributed by atoms with Gasteiger partial charge in [0, 0.05) is 5.02 Å². The molecule has 3 nitrogen and oxygen atoms in total. The van der Waals surface area contributed by atoms with Gasteiger partial charge in [0.25, 0.3) is 0 Å². The summed E-state index contributed by atoms with van der Waals surface area (Å²) in [7, 11) is 0. The van der Waals surface area contributed by atoms with Crippen molar-refractivity contribution in [2.24, 2.45) is 5.73 Å². The maximum Gasteiger partial charge on any atom is 0.161 e. The normalized spacial score (nSPS) is 15.1. The minimum atomic E-state index is -0.274. The van der Waals surface area contributed by atoms with E-state index in [1.165, 1.54) is 0 Å². The van der Waals surface area contributed by atoms with Gasteiger partial charge in [-0.1, -0.05) is 35.9 Å². The Labute approximate surface area is 116 Å². The first-order valence-corrected chi connectivity index (χ1v) is 6.53. The van der Waals surface area contributed by atoms with E-state index in [9.17, 15) is 0 Å². The van der Waals surface area contributed by atoms with Crippen LogP contribution in [0.3, 0.4) is 0 Å². The van der Waals surface area contributed by atoms with E-state index >= 15 is 0 Å². The lowest BCUT2D eigenvalue weighted by molar-refractivity contribution is 0.171. The van der Waals surface area contributed by atoms with Crippen LogP contribution in [0.2, 0.25) is 5.02 Å². The van der Waals surface area contributed by atoms with Crippen molar-refractivity contribution in [1.82, 2.24) is 0 Å². The van der Waals surface area contributed by atoms with Crippen LogP contribution in [0.15, 0.2) is 42.5 Å². The molecule has 0 saturated carbocycles. The molecule has 1 aliphatic rings. The standard InChI is InChI=1S/C15H14ClNO2/c16-12-4-2-1-3-11(12)15(17)10-5-6-13-14(9-10)19-8-7-18-13/h1-6,9,15H,7-8,17H2/t15-/m0/s1. The molecule has 0 aliphatic carbocycles. The molecule has 19 heavy (non-hydrogen) atoms. The highest BCUT2D eigenvalue weighted by molar-refractivity contribution is 6.31. The Balaban J connectivity index is 1.96. The molecule has 0 unspecified atom stereocenters. The third-order valence-electron chi connectivity index (χ3n) is 3.17. The Bertz CT molecular complexity index is 600. The average Bonchev–Trinajstić information content (AvgIpc) is 2.46. The lowest BCUT2D eigenvalue weighted by Gasteiger charge is -2.21. The second-order valence-corrected chi connectivity index (χ2v) is 4.81. The lowest BCUT2D eigenvalue weighted by Crippen LogP contribution is -2.17. The summed E-state index contributed by atoms with van der Waals surface area (Å²) < 4.78 is 11.1. The van der Waals surface area contributed by atoms with Crippen molar-refractivity contribution in [3.63, 3.8) is 0 Å². The van der Waals surface area contributed by atoms with Gasteiger partial charge < -0.3 is 15.2 Å². The van der Waals surface area contributed by atoms with Crippen molar-refractivity contribution >= 4 is 11.6 Å². The van der Waals surface area contributed by atoms with Crippen molar-refractivity contribution in [2.75, 3.05) is 13.2 Å². The zero-order valence-corrected chi connectivity index (χ0v) is 11.1. The van der Waals surface area contributed by atoms with Crippen molar-refractivity contribution in [3.05, 3.63) is 58.6 Å². The maximum atomic E-state index is 6.27. The molecule has 2 N–H and O–H groups in total. The minimum absolute atomic E-state index is 0.274. The van der Waals surface area contributed by atoms with Gasteiger partial charge in [-0.15, -0.1) is 0 Å². The van der Waals surface area contributed by atoms with Gasteiger partial charge in [0.05, 0.1) is 6.04 Å². The van der Waals surface area contributed by atoms with Crippen LogP contribution in [0.1, 0.15) is 17.2 Å². The van der Waals surface area contributed by atoms with E-state index < -0.39 is 0 Å². The minimum Gasteiger partial charge on any atom is -0.486 e. The second kappa shape index (κ2) is 5.11. The van der Waals surface area contributed by atoms with Crippen molar-refractivity contribution in [1.29, 1.82) is 0 Å². The highest BCUT2D eigenvalue weighted by Gasteiger charge is 2.17. The van der Waals surface area contributed by atoms with Crippen LogP contribution in [0.5, 0.6) is 11.5 Å². The molecular formula is C15H14ClNO2. The smallest absolute Gasteiger partial charge is 0.161 e. The molecule has 4 heteroatoms. The van der Waals surface area contributed by atoms with E-state index in [2.05, 4.69) is 0 Å². The maximum absolute atomic E-state index is 6.27. The zero-order valence-electron chi connectivity index (χ0n) is 10.3. The van der Waals surface area contributed by atoms with Gasteiger partial charge in [0.2, 0.25) is 0 Å². The summed E-state index contributed by atoms with van der Waals surface area (Å²) in [5.41, 5.74) is 8.13. The number of ether oxygens (including phenoxy) is 2. The van der Waals surface area contributed by atoms with Gasteiger partial charge in [0.15, 0.2) is 11.5 Å². The summed E-state index contributed by atoms with van der Waals surface area (Å²) in [4.78, 5) is 0. The SMILES string of the molecule is N[C@@H](c1ccc2c(c1)OCCO2)c1ccccc1Cl. The highest BCUT2D eigenvalue weighted by atomic mass is 35.5. The third kappa shape index (κ3) is 2.39. The van der Waals surface area contributed by atoms with Crippen molar-refractivity contribution in [3.8, 4) is 11.5 Å². The van der Waals surface area contributed by atoms with E-state index in [1.807, 2.05) is 42.5 Å². The molecule has 1 aliphatic heterocycles. The van der Waals surface area contributed by atoms with Gasteiger partial charge in [-0.05, 0) is 29.3 Å². The molecule has 0 spiro atoms. The molecule has 3 rings (SSSR count). The summed E-state index contributed by atoms with van der Waals surface area (Å²) in [6, 6.07) is 13.1. The average molecular weight is 276 g/mol. The fraction of sp³-hybridized carbons (Fsp3) is 0.200. The van der Waals surface area contributed by atoms with Crippen LogP contribution in [0, 0.1) is 0 Å². The van der Waals surface area contributed by atoms with E-state index in [0.717, 1.165) is 22.6 Å². The fourth-order valence-corrected chi connectivity index (χ4v) is 2.41. The molecule has 0 amide bonds. The summed E-state index contributed by atoms with van der Waals surface area (Å²) >= 11 is 6.18. The van der Waals surface area contributed by atoms with Crippen molar-refractivity contribution in [2.45, 2.75) is 6.04 Å². The summed E-state index contributed by atoms with van der Waals surface area (Å²) in [6.07, 6.45) is 0. The van der Waals surface area contributed by atoms with E-state index in [4.69, 9.17) is 26.8 Å². The molecule has 2 aromatic rings. The highest BCUT2D eigenvalue weighted by Crippen LogP contribution is 2.34. The summed E-state index contributed by atoms with van der Waals surface area (Å²) in [5, 5.41) is 0.671. The molecule has 0 fully saturated rings. The first-order valence-electron chi connectivity index (χ1n) is 6.15. The van der Waals surface area contributed by atoms with Gasteiger partial charge in [-0.2, -0.15) is 0 Å². The Morgan fingerprint density at radius 2 is 1.74 bits per heavy atom. The van der Waals surface area contributed by atoms with Gasteiger partial charge >= 0.3 is 0 Å². The first-order chi connectivity index (χ1) is 9.25. The number of hydrogen-bond acceptors (Lipinski definition) is 3. The monoisotopic (exact) mass is 275 g/mol. The second-order valence-electron chi connectivity index (χ2n) is 4.40. The Kier molecular flexibility index (Phi) is 3.32. The lowest BCUT2D eigenvalue weighted by atomic mass is 9.99. The molecule has 1 atom stereocenters. The van der Waals surface area contributed by atoms with Crippen LogP contribution >= 0.6 is 11.6 Å². The van der Waals surface area contributed by atoms with E-state index in [0.29, 0.717) is 18.2 Å². The summed E-state index contributed by atoms with van der Waals surface area (Å²) in [6.45, 7) is 1.15. The van der Waals surface area contributed by atoms with Crippen LogP contribution in [0.4, 0.5) is 0 Å². The molecule has 0 bridgehead atoms. The Morgan fingerprint density at radius 3 is 2.53 bits per heavy atom. The molecule has 98 valence electrons. The predicted molar refractivity (Wildman–Crippen MR) is 74.9 cm³/mol. The number of halogens is 1. The number of rotatable bonds is 2. The van der Waals surface area contributed by atoms with Gasteiger partial charge in [-0.25, -0.2) is 0 Å².